The van der Waals surface area contributed by atoms with Crippen LogP contribution in [0.2, 0.25) is 0 Å². The fourth-order valence-corrected chi connectivity index (χ4v) is 3.65. The number of carbonyl (C=O) groups excluding carboxylic acids is 2. The molecule has 0 unspecified atom stereocenters. The van der Waals surface area contributed by atoms with E-state index in [-0.39, 0.29) is 24.1 Å². The molecule has 3 rings (SSSR count). The van der Waals surface area contributed by atoms with Gasteiger partial charge in [0.1, 0.15) is 5.82 Å². The summed E-state index contributed by atoms with van der Waals surface area (Å²) in [6.07, 6.45) is 1.69. The van der Waals surface area contributed by atoms with E-state index in [0.717, 1.165) is 11.1 Å². The Balaban J connectivity index is 1.61. The Morgan fingerprint density at radius 1 is 1.16 bits per heavy atom. The number of anilines is 1. The van der Waals surface area contributed by atoms with Gasteiger partial charge in [0.05, 0.1) is 12.3 Å². The van der Waals surface area contributed by atoms with Gasteiger partial charge in [-0.2, -0.15) is 0 Å². The number of aryl methyl sites for hydroxylation is 2. The van der Waals surface area contributed by atoms with Crippen molar-refractivity contribution < 1.29 is 14.0 Å². The minimum absolute atomic E-state index is 0.0704. The summed E-state index contributed by atoms with van der Waals surface area (Å²) in [4.78, 5) is 24.7. The maximum Gasteiger partial charge on any atom is 0.251 e. The number of aromatic nitrogens is 3. The molecular weight excluding hydrogens is 429 g/mol. The van der Waals surface area contributed by atoms with Gasteiger partial charge in [-0.05, 0) is 43.7 Å². The number of allylic oxidation sites excluding steroid dienone is 1. The average Bonchev–Trinajstić information content (AvgIpc) is 3.15. The van der Waals surface area contributed by atoms with Crippen LogP contribution in [-0.2, 0) is 17.9 Å². The standard InChI is InChI=1S/C23H24FN5O2S/c1-4-11-29-20(13-25-22(31)17-8-5-15(2)6-9-17)27-28-23(29)32-14-21(30)26-19-12-18(24)10-7-16(19)3/h4-10,12H,1,11,13-14H2,2-3H3,(H,25,31)(H,26,30). The zero-order valence-corrected chi connectivity index (χ0v) is 18.7. The third-order valence-corrected chi connectivity index (χ3v) is 5.60. The van der Waals surface area contributed by atoms with Crippen molar-refractivity contribution in [2.24, 2.45) is 0 Å². The zero-order chi connectivity index (χ0) is 23.1. The number of amides is 2. The molecule has 0 aliphatic heterocycles. The number of nitrogens with one attached hydrogen (secondary N) is 2. The summed E-state index contributed by atoms with van der Waals surface area (Å²) >= 11 is 1.20. The summed E-state index contributed by atoms with van der Waals surface area (Å²) < 4.78 is 15.2. The second-order valence-corrected chi connectivity index (χ2v) is 8.09. The van der Waals surface area contributed by atoms with Crippen molar-refractivity contribution in [1.29, 1.82) is 0 Å². The van der Waals surface area contributed by atoms with Gasteiger partial charge in [-0.15, -0.1) is 16.8 Å². The lowest BCUT2D eigenvalue weighted by atomic mass is 10.1. The summed E-state index contributed by atoms with van der Waals surface area (Å²) in [5, 5.41) is 14.4. The van der Waals surface area contributed by atoms with Crippen LogP contribution >= 0.6 is 11.8 Å². The van der Waals surface area contributed by atoms with Crippen molar-refractivity contribution in [3.05, 3.63) is 83.5 Å². The quantitative estimate of drug-likeness (QED) is 0.379. The molecular formula is C23H24FN5O2S. The number of rotatable bonds is 9. The van der Waals surface area contributed by atoms with E-state index in [2.05, 4.69) is 27.4 Å². The summed E-state index contributed by atoms with van der Waals surface area (Å²) in [5.74, 6) is -0.292. The van der Waals surface area contributed by atoms with Crippen LogP contribution < -0.4 is 10.6 Å². The van der Waals surface area contributed by atoms with Gasteiger partial charge < -0.3 is 15.2 Å². The normalized spacial score (nSPS) is 10.6. The van der Waals surface area contributed by atoms with Crippen molar-refractivity contribution in [1.82, 2.24) is 20.1 Å². The molecule has 0 atom stereocenters. The number of thioether (sulfide) groups is 1. The molecule has 0 spiro atoms. The Labute approximate surface area is 190 Å². The predicted molar refractivity (Wildman–Crippen MR) is 123 cm³/mol. The first-order chi connectivity index (χ1) is 15.4. The van der Waals surface area contributed by atoms with Crippen LogP contribution in [0, 0.1) is 19.7 Å². The number of carbonyl (C=O) groups is 2. The van der Waals surface area contributed by atoms with E-state index in [1.54, 1.807) is 35.8 Å². The van der Waals surface area contributed by atoms with E-state index in [0.29, 0.717) is 28.8 Å². The van der Waals surface area contributed by atoms with Crippen LogP contribution in [0.5, 0.6) is 0 Å². The number of halogens is 1. The fourth-order valence-electron chi connectivity index (χ4n) is 2.88. The smallest absolute Gasteiger partial charge is 0.251 e. The van der Waals surface area contributed by atoms with E-state index in [9.17, 15) is 14.0 Å². The van der Waals surface area contributed by atoms with Crippen molar-refractivity contribution in [2.75, 3.05) is 11.1 Å². The first kappa shape index (κ1) is 23.2. The van der Waals surface area contributed by atoms with Crippen LogP contribution in [-0.4, -0.2) is 32.3 Å². The molecule has 0 bridgehead atoms. The van der Waals surface area contributed by atoms with Crippen LogP contribution in [0.15, 0.2) is 60.3 Å². The Bertz CT molecular complexity index is 1130. The Kier molecular flexibility index (Phi) is 7.77. The highest BCUT2D eigenvalue weighted by Gasteiger charge is 2.15. The molecule has 0 saturated heterocycles. The highest BCUT2D eigenvalue weighted by Crippen LogP contribution is 2.20. The SMILES string of the molecule is C=CCn1c(CNC(=O)c2ccc(C)cc2)nnc1SCC(=O)Nc1cc(F)ccc1C. The monoisotopic (exact) mass is 453 g/mol. The zero-order valence-electron chi connectivity index (χ0n) is 17.9. The summed E-state index contributed by atoms with van der Waals surface area (Å²) in [6, 6.07) is 11.5. The van der Waals surface area contributed by atoms with E-state index >= 15 is 0 Å². The average molecular weight is 454 g/mol. The van der Waals surface area contributed by atoms with E-state index in [1.165, 1.54) is 23.9 Å². The highest BCUT2D eigenvalue weighted by atomic mass is 32.2. The van der Waals surface area contributed by atoms with Crippen LogP contribution in [0.4, 0.5) is 10.1 Å². The van der Waals surface area contributed by atoms with Crippen LogP contribution in [0.25, 0.3) is 0 Å². The number of benzene rings is 2. The van der Waals surface area contributed by atoms with E-state index in [4.69, 9.17) is 0 Å². The lowest BCUT2D eigenvalue weighted by Gasteiger charge is -2.10. The molecule has 1 aromatic heterocycles. The molecule has 0 aliphatic rings. The number of hydrogen-bond acceptors (Lipinski definition) is 5. The minimum Gasteiger partial charge on any atom is -0.345 e. The number of hydrogen-bond donors (Lipinski definition) is 2. The molecule has 166 valence electrons. The van der Waals surface area contributed by atoms with Gasteiger partial charge >= 0.3 is 0 Å². The maximum atomic E-state index is 13.4. The van der Waals surface area contributed by atoms with Gasteiger partial charge in [-0.25, -0.2) is 4.39 Å². The second-order valence-electron chi connectivity index (χ2n) is 7.14. The molecule has 0 aliphatic carbocycles. The third kappa shape index (κ3) is 6.04. The van der Waals surface area contributed by atoms with Gasteiger partial charge in [0, 0.05) is 17.8 Å². The molecule has 2 amide bonds. The summed E-state index contributed by atoms with van der Waals surface area (Å²) in [5.41, 5.74) is 2.84. The van der Waals surface area contributed by atoms with Gasteiger partial charge in [0.25, 0.3) is 5.91 Å². The Morgan fingerprint density at radius 3 is 2.62 bits per heavy atom. The Morgan fingerprint density at radius 2 is 1.91 bits per heavy atom. The lowest BCUT2D eigenvalue weighted by molar-refractivity contribution is -0.113. The van der Waals surface area contributed by atoms with E-state index in [1.807, 2.05) is 19.1 Å². The first-order valence-corrected chi connectivity index (χ1v) is 10.9. The van der Waals surface area contributed by atoms with Gasteiger partial charge in [0.15, 0.2) is 11.0 Å². The predicted octanol–water partition coefficient (Wildman–Crippen LogP) is 3.88. The fraction of sp³-hybridized carbons (Fsp3) is 0.217. The maximum absolute atomic E-state index is 13.4. The van der Waals surface area contributed by atoms with Gasteiger partial charge in [-0.1, -0.05) is 41.6 Å². The van der Waals surface area contributed by atoms with Crippen LogP contribution in [0.3, 0.4) is 0 Å². The molecule has 2 N–H and O–H groups in total. The molecule has 9 heteroatoms. The molecule has 32 heavy (non-hydrogen) atoms. The van der Waals surface area contributed by atoms with Gasteiger partial charge in [-0.3, -0.25) is 9.59 Å². The molecule has 3 aromatic rings. The molecule has 1 heterocycles. The first-order valence-electron chi connectivity index (χ1n) is 9.94. The third-order valence-electron chi connectivity index (χ3n) is 4.63. The van der Waals surface area contributed by atoms with Gasteiger partial charge in [0.2, 0.25) is 5.91 Å². The number of nitrogens with zero attached hydrogens (tertiary/aromatic N) is 3. The van der Waals surface area contributed by atoms with Crippen LogP contribution in [0.1, 0.15) is 27.3 Å². The summed E-state index contributed by atoms with van der Waals surface area (Å²) in [6.45, 7) is 8.11. The Hall–Kier alpha value is -3.46. The van der Waals surface area contributed by atoms with Crippen molar-refractivity contribution in [3.8, 4) is 0 Å². The highest BCUT2D eigenvalue weighted by molar-refractivity contribution is 7.99. The molecule has 2 aromatic carbocycles. The molecule has 0 fully saturated rings. The second kappa shape index (κ2) is 10.7. The van der Waals surface area contributed by atoms with Crippen molar-refractivity contribution in [3.63, 3.8) is 0 Å². The van der Waals surface area contributed by atoms with Crippen molar-refractivity contribution >= 4 is 29.3 Å². The van der Waals surface area contributed by atoms with E-state index < -0.39 is 5.82 Å². The molecule has 7 nitrogen and oxygen atoms in total. The molecule has 0 saturated carbocycles. The largest absolute Gasteiger partial charge is 0.345 e. The topological polar surface area (TPSA) is 88.9 Å². The lowest BCUT2D eigenvalue weighted by Crippen LogP contribution is -2.24. The van der Waals surface area contributed by atoms with Crippen molar-refractivity contribution in [2.45, 2.75) is 32.1 Å². The summed E-state index contributed by atoms with van der Waals surface area (Å²) in [7, 11) is 0. The molecule has 0 radical (unpaired) electrons. The minimum atomic E-state index is -0.415.